The fraction of sp³-hybridized carbons (Fsp3) is 0.667. The molecule has 0 bridgehead atoms. The molecule has 0 radical (unpaired) electrons. The molecule has 1 aliphatic rings. The molecule has 1 rings (SSSR count). The van der Waals surface area contributed by atoms with E-state index in [0.29, 0.717) is 13.0 Å². The maximum atomic E-state index is 11.3. The van der Waals surface area contributed by atoms with E-state index in [1.54, 1.807) is 11.9 Å². The Morgan fingerprint density at radius 1 is 1.85 bits per heavy atom. The van der Waals surface area contributed by atoms with E-state index >= 15 is 0 Å². The molecule has 1 saturated heterocycles. The summed E-state index contributed by atoms with van der Waals surface area (Å²) in [6.07, 6.45) is 1.58. The van der Waals surface area contributed by atoms with Gasteiger partial charge in [-0.2, -0.15) is 0 Å². The Morgan fingerprint density at radius 2 is 2.54 bits per heavy atom. The minimum atomic E-state index is -0.411. The van der Waals surface area contributed by atoms with Crippen molar-refractivity contribution in [2.45, 2.75) is 18.6 Å². The van der Waals surface area contributed by atoms with Crippen molar-refractivity contribution in [2.24, 2.45) is 0 Å². The zero-order valence-corrected chi connectivity index (χ0v) is 7.77. The molecule has 74 valence electrons. The third-order valence-electron chi connectivity index (χ3n) is 2.14. The molecule has 13 heavy (non-hydrogen) atoms. The summed E-state index contributed by atoms with van der Waals surface area (Å²) in [7, 11) is 1.80. The number of ether oxygens (including phenoxy) is 1. The van der Waals surface area contributed by atoms with Gasteiger partial charge in [-0.15, -0.1) is 0 Å². The van der Waals surface area contributed by atoms with E-state index in [4.69, 9.17) is 4.74 Å². The summed E-state index contributed by atoms with van der Waals surface area (Å²) in [5.41, 5.74) is 0. The van der Waals surface area contributed by atoms with Crippen LogP contribution in [0.15, 0.2) is 12.7 Å². The molecule has 0 aliphatic carbocycles. The number of carbonyl (C=O) groups is 1. The Kier molecular flexibility index (Phi) is 3.45. The number of carbonyl (C=O) groups excluding carboxylic acids is 1. The van der Waals surface area contributed by atoms with Crippen LogP contribution in [0.4, 0.5) is 0 Å². The minimum absolute atomic E-state index is 0.235. The van der Waals surface area contributed by atoms with Crippen LogP contribution in [0.25, 0.3) is 0 Å². The third kappa shape index (κ3) is 2.54. The molecule has 0 aromatic rings. The van der Waals surface area contributed by atoms with Crippen LogP contribution in [0.2, 0.25) is 0 Å². The normalized spacial score (nSPS) is 28.8. The lowest BCUT2D eigenvalue weighted by Gasteiger charge is -2.16. The fourth-order valence-electron chi connectivity index (χ4n) is 1.49. The van der Waals surface area contributed by atoms with Gasteiger partial charge in [-0.3, -0.25) is 9.69 Å². The zero-order chi connectivity index (χ0) is 9.84. The number of esters is 1. The van der Waals surface area contributed by atoms with E-state index in [1.807, 2.05) is 0 Å². The van der Waals surface area contributed by atoms with Crippen molar-refractivity contribution in [2.75, 3.05) is 20.2 Å². The van der Waals surface area contributed by atoms with Gasteiger partial charge in [-0.05, 0) is 7.05 Å². The number of β-amino-alcohol motifs (C(OH)–C–C–N with tert-alkyl or cyclic N) is 1. The second-order valence-electron chi connectivity index (χ2n) is 3.26. The smallest absolute Gasteiger partial charge is 0.323 e. The number of likely N-dealkylation sites (tertiary alicyclic amines) is 1. The highest BCUT2D eigenvalue weighted by Gasteiger charge is 2.34. The summed E-state index contributed by atoms with van der Waals surface area (Å²) < 4.78 is 4.88. The summed E-state index contributed by atoms with van der Waals surface area (Å²) in [4.78, 5) is 13.1. The number of aliphatic hydroxyl groups excluding tert-OH is 1. The number of aliphatic hydroxyl groups is 1. The molecule has 0 spiro atoms. The topological polar surface area (TPSA) is 49.8 Å². The molecule has 4 nitrogen and oxygen atoms in total. The highest BCUT2D eigenvalue weighted by atomic mass is 16.5. The SMILES string of the molecule is C=CCOC(=O)[C@H]1C[C@H](O)CN1C. The van der Waals surface area contributed by atoms with E-state index in [2.05, 4.69) is 6.58 Å². The molecule has 0 aromatic heterocycles. The van der Waals surface area contributed by atoms with E-state index in [-0.39, 0.29) is 18.6 Å². The predicted octanol–water partition coefficient (Wildman–Crippen LogP) is -0.219. The van der Waals surface area contributed by atoms with Crippen LogP contribution in [0, 0.1) is 0 Å². The van der Waals surface area contributed by atoms with Gasteiger partial charge in [0.05, 0.1) is 6.10 Å². The molecule has 0 aromatic carbocycles. The third-order valence-corrected chi connectivity index (χ3v) is 2.14. The lowest BCUT2D eigenvalue weighted by Crippen LogP contribution is -2.34. The Morgan fingerprint density at radius 3 is 3.00 bits per heavy atom. The lowest BCUT2D eigenvalue weighted by atomic mass is 10.2. The summed E-state index contributed by atoms with van der Waals surface area (Å²) in [5, 5.41) is 9.27. The van der Waals surface area contributed by atoms with Gasteiger partial charge in [0.25, 0.3) is 0 Å². The van der Waals surface area contributed by atoms with Crippen molar-refractivity contribution in [3.05, 3.63) is 12.7 Å². The van der Waals surface area contributed by atoms with E-state index < -0.39 is 6.10 Å². The Balaban J connectivity index is 2.42. The highest BCUT2D eigenvalue weighted by molar-refractivity contribution is 5.76. The minimum Gasteiger partial charge on any atom is -0.460 e. The number of hydrogen-bond donors (Lipinski definition) is 1. The molecule has 4 heteroatoms. The van der Waals surface area contributed by atoms with Gasteiger partial charge in [-0.25, -0.2) is 0 Å². The first kappa shape index (κ1) is 10.2. The van der Waals surface area contributed by atoms with Gasteiger partial charge < -0.3 is 9.84 Å². The molecule has 1 heterocycles. The van der Waals surface area contributed by atoms with Gasteiger partial charge in [0, 0.05) is 13.0 Å². The second-order valence-corrected chi connectivity index (χ2v) is 3.26. The first-order valence-electron chi connectivity index (χ1n) is 4.31. The van der Waals surface area contributed by atoms with Gasteiger partial charge >= 0.3 is 5.97 Å². The fourth-order valence-corrected chi connectivity index (χ4v) is 1.49. The largest absolute Gasteiger partial charge is 0.460 e. The Bertz CT molecular complexity index is 205. The summed E-state index contributed by atoms with van der Waals surface area (Å²) in [6, 6.07) is -0.296. The Labute approximate surface area is 77.8 Å². The van der Waals surface area contributed by atoms with Crippen LogP contribution in [0.5, 0.6) is 0 Å². The van der Waals surface area contributed by atoms with Crippen LogP contribution in [-0.2, 0) is 9.53 Å². The highest BCUT2D eigenvalue weighted by Crippen LogP contribution is 2.16. The monoisotopic (exact) mass is 185 g/mol. The van der Waals surface area contributed by atoms with Gasteiger partial charge in [-0.1, -0.05) is 12.7 Å². The maximum absolute atomic E-state index is 11.3. The summed E-state index contributed by atoms with van der Waals surface area (Å²) in [6.45, 7) is 4.22. The number of likely N-dealkylation sites (N-methyl/N-ethyl adjacent to an activating group) is 1. The van der Waals surface area contributed by atoms with Crippen molar-refractivity contribution in [1.82, 2.24) is 4.90 Å². The number of rotatable bonds is 3. The summed E-state index contributed by atoms with van der Waals surface area (Å²) >= 11 is 0. The van der Waals surface area contributed by atoms with Crippen molar-refractivity contribution >= 4 is 5.97 Å². The quantitative estimate of drug-likeness (QED) is 0.488. The first-order chi connectivity index (χ1) is 6.15. The van der Waals surface area contributed by atoms with Crippen molar-refractivity contribution < 1.29 is 14.6 Å². The van der Waals surface area contributed by atoms with Gasteiger partial charge in [0.1, 0.15) is 12.6 Å². The molecule has 0 saturated carbocycles. The zero-order valence-electron chi connectivity index (χ0n) is 7.77. The summed E-state index contributed by atoms with van der Waals surface area (Å²) in [5.74, 6) is -0.279. The molecular formula is C9H15NO3. The van der Waals surface area contributed by atoms with Crippen LogP contribution in [0.1, 0.15) is 6.42 Å². The molecule has 1 fully saturated rings. The molecule has 1 aliphatic heterocycles. The molecule has 1 N–H and O–H groups in total. The van der Waals surface area contributed by atoms with E-state index in [0.717, 1.165) is 0 Å². The number of nitrogens with zero attached hydrogens (tertiary/aromatic N) is 1. The second kappa shape index (κ2) is 4.39. The number of hydrogen-bond acceptors (Lipinski definition) is 4. The first-order valence-corrected chi connectivity index (χ1v) is 4.31. The van der Waals surface area contributed by atoms with Crippen LogP contribution >= 0.6 is 0 Å². The molecule has 2 atom stereocenters. The Hall–Kier alpha value is -0.870. The van der Waals surface area contributed by atoms with Crippen LogP contribution in [0.3, 0.4) is 0 Å². The van der Waals surface area contributed by atoms with Crippen molar-refractivity contribution in [1.29, 1.82) is 0 Å². The molecule has 0 amide bonds. The average Bonchev–Trinajstić information content (AvgIpc) is 2.41. The van der Waals surface area contributed by atoms with Gasteiger partial charge in [0.15, 0.2) is 0 Å². The molecular weight excluding hydrogens is 170 g/mol. The van der Waals surface area contributed by atoms with Gasteiger partial charge in [0.2, 0.25) is 0 Å². The predicted molar refractivity (Wildman–Crippen MR) is 48.2 cm³/mol. The van der Waals surface area contributed by atoms with Crippen LogP contribution < -0.4 is 0 Å². The van der Waals surface area contributed by atoms with Crippen LogP contribution in [-0.4, -0.2) is 48.3 Å². The van der Waals surface area contributed by atoms with E-state index in [1.165, 1.54) is 6.08 Å². The molecule has 0 unspecified atom stereocenters. The maximum Gasteiger partial charge on any atom is 0.323 e. The average molecular weight is 185 g/mol. The van der Waals surface area contributed by atoms with E-state index in [9.17, 15) is 9.90 Å². The lowest BCUT2D eigenvalue weighted by molar-refractivity contribution is -0.147. The van der Waals surface area contributed by atoms with Crippen molar-refractivity contribution in [3.8, 4) is 0 Å². The van der Waals surface area contributed by atoms with Crippen molar-refractivity contribution in [3.63, 3.8) is 0 Å². The standard InChI is InChI=1S/C9H15NO3/c1-3-4-13-9(12)8-5-7(11)6-10(8)2/h3,7-8,11H,1,4-6H2,2H3/t7-,8+/m0/s1.